The van der Waals surface area contributed by atoms with E-state index < -0.39 is 22.8 Å². The minimum Gasteiger partial charge on any atom is -0.461 e. The van der Waals surface area contributed by atoms with E-state index in [0.29, 0.717) is 49.2 Å². The van der Waals surface area contributed by atoms with Crippen molar-refractivity contribution >= 4 is 46.2 Å². The number of esters is 1. The van der Waals surface area contributed by atoms with Crippen molar-refractivity contribution in [2.45, 2.75) is 108 Å². The van der Waals surface area contributed by atoms with Gasteiger partial charge in [-0.3, -0.25) is 14.6 Å². The van der Waals surface area contributed by atoms with E-state index in [-0.39, 0.29) is 34.2 Å². The number of thioether (sulfide) groups is 2. The van der Waals surface area contributed by atoms with Crippen LogP contribution in [0.1, 0.15) is 103 Å². The number of carbonyl (C=O) groups excluding carboxylic acids is 3. The van der Waals surface area contributed by atoms with Crippen molar-refractivity contribution in [3.05, 3.63) is 143 Å². The SMILES string of the molecule is CC(C)(C#N)c1cc(Cn2cncn2)cc(C(C)(C)C#N)c1.CSCC[C@H](NC(=O)c1cc(NC[C@@H]2C[C@H](SC(=O)c3cccnc3)CN2)ccc1CCc1ccc(F)cc1)C(=O)OC(C)C. The number of rotatable bonds is 19. The van der Waals surface area contributed by atoms with Gasteiger partial charge in [0.25, 0.3) is 5.91 Å². The number of pyridine rings is 1. The fourth-order valence-electron chi connectivity index (χ4n) is 7.19. The lowest BCUT2D eigenvalue weighted by Crippen LogP contribution is -2.43. The highest BCUT2D eigenvalue weighted by atomic mass is 32.2. The number of aromatic nitrogens is 4. The highest BCUT2D eigenvalue weighted by molar-refractivity contribution is 8.14. The Morgan fingerprint density at radius 2 is 1.67 bits per heavy atom. The van der Waals surface area contributed by atoms with Crippen molar-refractivity contribution in [3.8, 4) is 12.1 Å². The number of hydrogen-bond acceptors (Lipinski definition) is 13. The van der Waals surface area contributed by atoms with Crippen LogP contribution in [-0.2, 0) is 39.7 Å². The summed E-state index contributed by atoms with van der Waals surface area (Å²) in [4.78, 5) is 47.1. The minimum absolute atomic E-state index is 0.0171. The lowest BCUT2D eigenvalue weighted by atomic mass is 9.79. The summed E-state index contributed by atoms with van der Waals surface area (Å²) in [6.45, 7) is 13.0. The molecule has 0 spiro atoms. The van der Waals surface area contributed by atoms with Gasteiger partial charge in [0.2, 0.25) is 5.12 Å². The molecule has 0 radical (unpaired) electrons. The summed E-state index contributed by atoms with van der Waals surface area (Å²) < 4.78 is 20.6. The average Bonchev–Trinajstić information content (AvgIpc) is 4.01. The van der Waals surface area contributed by atoms with Crippen LogP contribution in [0.4, 0.5) is 10.1 Å². The van der Waals surface area contributed by atoms with E-state index in [1.54, 1.807) is 73.3 Å². The van der Waals surface area contributed by atoms with Crippen LogP contribution in [-0.4, -0.2) is 85.3 Å². The molecule has 1 aliphatic heterocycles. The van der Waals surface area contributed by atoms with Gasteiger partial charge in [-0.2, -0.15) is 27.4 Å². The van der Waals surface area contributed by atoms with Gasteiger partial charge < -0.3 is 20.7 Å². The summed E-state index contributed by atoms with van der Waals surface area (Å²) in [6, 6.07) is 25.6. The van der Waals surface area contributed by atoms with Crippen LogP contribution < -0.4 is 16.0 Å². The number of amides is 1. The Labute approximate surface area is 402 Å². The molecule has 0 saturated carbocycles. The highest BCUT2D eigenvalue weighted by Crippen LogP contribution is 2.31. The Hall–Kier alpha value is -6.07. The average molecular weight is 946 g/mol. The van der Waals surface area contributed by atoms with E-state index in [4.69, 9.17) is 4.74 Å². The van der Waals surface area contributed by atoms with Crippen LogP contribution in [0.15, 0.2) is 97.8 Å². The summed E-state index contributed by atoms with van der Waals surface area (Å²) in [5, 5.41) is 33.0. The van der Waals surface area contributed by atoms with Crippen molar-refractivity contribution in [2.24, 2.45) is 0 Å². The molecule has 1 amide bonds. The molecule has 5 aromatic rings. The van der Waals surface area contributed by atoms with Crippen molar-refractivity contribution < 1.29 is 23.5 Å². The second-order valence-corrected chi connectivity index (χ2v) is 20.0. The third kappa shape index (κ3) is 15.8. The molecule has 1 aliphatic rings. The minimum atomic E-state index is -0.764. The van der Waals surface area contributed by atoms with E-state index >= 15 is 0 Å². The van der Waals surface area contributed by atoms with E-state index in [0.717, 1.165) is 46.5 Å². The zero-order chi connectivity index (χ0) is 48.6. The second kappa shape index (κ2) is 24.6. The molecule has 13 nitrogen and oxygen atoms in total. The Morgan fingerprint density at radius 3 is 2.28 bits per heavy atom. The van der Waals surface area contributed by atoms with Crippen molar-refractivity contribution in [1.29, 1.82) is 10.5 Å². The van der Waals surface area contributed by atoms with E-state index in [1.807, 2.05) is 70.3 Å². The van der Waals surface area contributed by atoms with Gasteiger partial charge in [0.05, 0.1) is 35.6 Å². The Balaban J connectivity index is 0.000000319. The van der Waals surface area contributed by atoms with Gasteiger partial charge >= 0.3 is 5.97 Å². The fourth-order valence-corrected chi connectivity index (χ4v) is 8.73. The number of benzene rings is 3. The van der Waals surface area contributed by atoms with Crippen LogP contribution in [0.2, 0.25) is 0 Å². The van der Waals surface area contributed by atoms with Gasteiger partial charge in [0, 0.05) is 53.6 Å². The smallest absolute Gasteiger partial charge is 0.328 e. The molecule has 2 aromatic heterocycles. The molecular weight excluding hydrogens is 886 g/mol. The van der Waals surface area contributed by atoms with Crippen LogP contribution in [0.25, 0.3) is 0 Å². The molecule has 0 bridgehead atoms. The summed E-state index contributed by atoms with van der Waals surface area (Å²) in [6.07, 6.45) is 10.5. The van der Waals surface area contributed by atoms with Crippen molar-refractivity contribution in [3.63, 3.8) is 0 Å². The standard InChI is InChI=1S/C34H41FN4O4S2.C17H19N5/c1-22(2)43-33(41)31(14-16-44-3)39-32(40)30-18-27(13-10-24(30)9-6-23-7-11-26(35)12-8-23)37-20-28-17-29(21-38-28)45-34(42)25-5-4-15-36-19-25;1-16(2,9-18)14-5-13(8-22-12-20-11-21-22)6-15(7-14)17(3,4)10-19/h4-5,7-8,10-13,15,18-19,22,28-29,31,37-38H,6,9,14,16-17,20-21H2,1-3H3,(H,39,40);5-7,11-12H,8H2,1-4H3/t28-,29-,31-;/m0./s1. The Morgan fingerprint density at radius 1 is 0.955 bits per heavy atom. The predicted octanol–water partition coefficient (Wildman–Crippen LogP) is 8.45. The van der Waals surface area contributed by atoms with E-state index in [9.17, 15) is 29.3 Å². The molecule has 67 heavy (non-hydrogen) atoms. The maximum Gasteiger partial charge on any atom is 0.328 e. The lowest BCUT2D eigenvalue weighted by molar-refractivity contribution is -0.149. The van der Waals surface area contributed by atoms with Gasteiger partial charge in [-0.15, -0.1) is 0 Å². The number of nitriles is 2. The molecule has 1 fully saturated rings. The molecule has 3 atom stereocenters. The first kappa shape index (κ1) is 51.9. The summed E-state index contributed by atoms with van der Waals surface area (Å²) in [5.74, 6) is -0.389. The molecular formula is C51H60FN9O4S2. The molecule has 0 aliphatic carbocycles. The summed E-state index contributed by atoms with van der Waals surface area (Å²) in [7, 11) is 0. The normalized spacial score (nSPS) is 15.1. The number of aryl methyl sites for hydroxylation is 2. The predicted molar refractivity (Wildman–Crippen MR) is 263 cm³/mol. The largest absolute Gasteiger partial charge is 0.461 e. The number of anilines is 1. The zero-order valence-corrected chi connectivity index (χ0v) is 40.8. The number of nitrogens with zero attached hydrogens (tertiary/aromatic N) is 6. The van der Waals surface area contributed by atoms with Crippen LogP contribution in [0.3, 0.4) is 0 Å². The number of ether oxygens (including phenoxy) is 1. The molecule has 3 heterocycles. The van der Waals surface area contributed by atoms with Gasteiger partial charge in [-0.1, -0.05) is 48.2 Å². The monoisotopic (exact) mass is 945 g/mol. The Kier molecular flexibility index (Phi) is 19.1. The molecule has 1 saturated heterocycles. The van der Waals surface area contributed by atoms with E-state index in [1.165, 1.54) is 30.2 Å². The van der Waals surface area contributed by atoms with Gasteiger partial charge in [-0.25, -0.2) is 18.9 Å². The highest BCUT2D eigenvalue weighted by Gasteiger charge is 2.29. The Bertz CT molecular complexity index is 2460. The first-order valence-corrected chi connectivity index (χ1v) is 24.5. The topological polar surface area (TPSA) is 188 Å². The van der Waals surface area contributed by atoms with Crippen molar-refractivity contribution in [2.75, 3.05) is 30.4 Å². The van der Waals surface area contributed by atoms with Gasteiger partial charge in [0.15, 0.2) is 0 Å². The third-order valence-electron chi connectivity index (χ3n) is 11.2. The lowest BCUT2D eigenvalue weighted by Gasteiger charge is -2.23. The number of halogens is 1. The van der Waals surface area contributed by atoms with Crippen LogP contribution in [0.5, 0.6) is 0 Å². The zero-order valence-electron chi connectivity index (χ0n) is 39.2. The maximum atomic E-state index is 13.7. The second-order valence-electron chi connectivity index (χ2n) is 17.8. The first-order chi connectivity index (χ1) is 32.0. The molecule has 3 N–H and O–H groups in total. The number of carbonyl (C=O) groups is 3. The van der Waals surface area contributed by atoms with Crippen molar-refractivity contribution in [1.82, 2.24) is 30.4 Å². The maximum absolute atomic E-state index is 13.7. The van der Waals surface area contributed by atoms with Crippen LogP contribution >= 0.6 is 23.5 Å². The van der Waals surface area contributed by atoms with Gasteiger partial charge in [-0.05, 0) is 143 Å². The third-order valence-corrected chi connectivity index (χ3v) is 13.0. The summed E-state index contributed by atoms with van der Waals surface area (Å²) >= 11 is 2.93. The first-order valence-electron chi connectivity index (χ1n) is 22.3. The molecule has 0 unspecified atom stereocenters. The molecule has 6 rings (SSSR count). The molecule has 16 heteroatoms. The van der Waals surface area contributed by atoms with Gasteiger partial charge in [0.1, 0.15) is 24.5 Å². The number of hydrogen-bond donors (Lipinski definition) is 3. The fraction of sp³-hybridized carbons (Fsp3) is 0.412. The van der Waals surface area contributed by atoms with E-state index in [2.05, 4.69) is 43.2 Å². The van der Waals surface area contributed by atoms with Crippen LogP contribution in [0, 0.1) is 28.5 Å². The summed E-state index contributed by atoms with van der Waals surface area (Å²) in [5.41, 5.74) is 5.24. The quantitative estimate of drug-likeness (QED) is 0.0670. The molecule has 3 aromatic carbocycles. The number of nitrogens with one attached hydrogen (secondary N) is 3. The molecule has 352 valence electrons.